The summed E-state index contributed by atoms with van der Waals surface area (Å²) in [6.45, 7) is 4.70. The van der Waals surface area contributed by atoms with Gasteiger partial charge in [0, 0.05) is 12.8 Å². The number of unbranched alkanes of at least 4 members (excludes halogenated alkanes) is 53. The summed E-state index contributed by atoms with van der Waals surface area (Å²) in [7, 11) is 5.95. The lowest BCUT2D eigenvalue weighted by atomic mass is 10.0. The standard InChI is InChI=1S/C86H159NO8/c1-6-8-10-12-14-16-18-20-22-24-26-28-30-32-34-36-37-38-39-40-41-42-43-44-45-46-47-49-50-52-54-56-58-60-62-64-66-68-70-72-74-76-83(88)93-80-82(81-94-86(85(90)91)92-79-78-87(3,4)5)95-84(89)77-75-73-71-69-67-65-63-61-59-57-55-53-51-48-35-33-31-29-27-25-23-21-19-17-15-13-11-9-7-2/h9,11,15,17,21,23,27,29,33,35,82,86H,6-8,10,12-14,16,18-20,22,24-26,28,30-32,34,36-81H2,1-5H3/b11-9-,17-15-,23-21-,29-27-,35-33-. The van der Waals surface area contributed by atoms with Gasteiger partial charge in [-0.3, -0.25) is 9.59 Å². The van der Waals surface area contributed by atoms with Gasteiger partial charge in [0.25, 0.3) is 0 Å². The summed E-state index contributed by atoms with van der Waals surface area (Å²) in [5, 5.41) is 11.9. The van der Waals surface area contributed by atoms with Gasteiger partial charge in [0.05, 0.1) is 40.3 Å². The van der Waals surface area contributed by atoms with Crippen molar-refractivity contribution in [1.82, 2.24) is 0 Å². The monoisotopic (exact) mass is 1330 g/mol. The molecule has 2 atom stereocenters. The summed E-state index contributed by atoms with van der Waals surface area (Å²) in [5.74, 6) is -2.26. The first-order valence-corrected chi connectivity index (χ1v) is 41.4. The molecule has 0 saturated carbocycles. The molecule has 0 aliphatic carbocycles. The molecule has 0 radical (unpaired) electrons. The van der Waals surface area contributed by atoms with Crippen LogP contribution in [-0.4, -0.2) is 82.3 Å². The molecule has 0 aromatic heterocycles. The number of ether oxygens (including phenoxy) is 4. The van der Waals surface area contributed by atoms with Crippen molar-refractivity contribution in [2.75, 3.05) is 47.5 Å². The lowest BCUT2D eigenvalue weighted by Gasteiger charge is -2.26. The van der Waals surface area contributed by atoms with E-state index >= 15 is 0 Å². The van der Waals surface area contributed by atoms with Gasteiger partial charge in [-0.2, -0.15) is 0 Å². The number of nitrogens with zero attached hydrogens (tertiary/aromatic N) is 1. The lowest BCUT2D eigenvalue weighted by Crippen LogP contribution is -2.44. The number of likely N-dealkylation sites (N-methyl/N-ethyl adjacent to an activating group) is 1. The van der Waals surface area contributed by atoms with Gasteiger partial charge in [-0.25, -0.2) is 0 Å². The van der Waals surface area contributed by atoms with Crippen LogP contribution in [0.15, 0.2) is 60.8 Å². The third-order valence-corrected chi connectivity index (χ3v) is 18.8. The Balaban J connectivity index is 3.93. The van der Waals surface area contributed by atoms with Crippen LogP contribution in [0.1, 0.15) is 412 Å². The molecule has 0 fully saturated rings. The second kappa shape index (κ2) is 76.7. The quantitative estimate of drug-likeness (QED) is 0.0195. The van der Waals surface area contributed by atoms with Crippen LogP contribution in [0.2, 0.25) is 0 Å². The van der Waals surface area contributed by atoms with E-state index in [-0.39, 0.29) is 32.2 Å². The average Bonchev–Trinajstić information content (AvgIpc) is 2.86. The van der Waals surface area contributed by atoms with E-state index in [2.05, 4.69) is 74.6 Å². The number of carbonyl (C=O) groups excluding carboxylic acids is 3. The molecule has 9 nitrogen and oxygen atoms in total. The highest BCUT2D eigenvalue weighted by molar-refractivity contribution is 5.70. The van der Waals surface area contributed by atoms with Crippen molar-refractivity contribution in [3.8, 4) is 0 Å². The molecule has 0 N–H and O–H groups in total. The van der Waals surface area contributed by atoms with Gasteiger partial charge in [-0.15, -0.1) is 0 Å². The fraction of sp³-hybridized carbons (Fsp3) is 0.849. The summed E-state index contributed by atoms with van der Waals surface area (Å²) < 4.78 is 22.9. The van der Waals surface area contributed by atoms with E-state index in [0.29, 0.717) is 23.9 Å². The third-order valence-electron chi connectivity index (χ3n) is 18.8. The van der Waals surface area contributed by atoms with E-state index in [1.54, 1.807) is 0 Å². The van der Waals surface area contributed by atoms with Gasteiger partial charge in [0.15, 0.2) is 12.4 Å². The minimum absolute atomic E-state index is 0.148. The van der Waals surface area contributed by atoms with Crippen LogP contribution in [0.25, 0.3) is 0 Å². The predicted molar refractivity (Wildman–Crippen MR) is 408 cm³/mol. The van der Waals surface area contributed by atoms with Crippen LogP contribution in [0.4, 0.5) is 0 Å². The van der Waals surface area contributed by atoms with Gasteiger partial charge in [0.1, 0.15) is 13.2 Å². The Labute approximate surface area is 590 Å². The molecule has 0 aromatic rings. The molecule has 0 aliphatic rings. The number of carboxylic acid groups (broad SMARTS) is 1. The van der Waals surface area contributed by atoms with E-state index in [4.69, 9.17) is 18.9 Å². The number of esters is 2. The van der Waals surface area contributed by atoms with Crippen LogP contribution in [-0.2, 0) is 33.3 Å². The number of carbonyl (C=O) groups is 3. The van der Waals surface area contributed by atoms with Crippen LogP contribution in [0.5, 0.6) is 0 Å². The van der Waals surface area contributed by atoms with Crippen molar-refractivity contribution < 1.29 is 42.9 Å². The molecule has 0 heterocycles. The number of carboxylic acids is 1. The van der Waals surface area contributed by atoms with Gasteiger partial charge in [-0.05, 0) is 57.8 Å². The highest BCUT2D eigenvalue weighted by Gasteiger charge is 2.22. The van der Waals surface area contributed by atoms with E-state index in [9.17, 15) is 19.5 Å². The second-order valence-electron chi connectivity index (χ2n) is 29.4. The molecule has 556 valence electrons. The van der Waals surface area contributed by atoms with E-state index in [0.717, 1.165) is 70.6 Å². The number of aliphatic carboxylic acids is 1. The SMILES string of the molecule is CC/C=C\C/C=C\C/C=C\C/C=C\C/C=C\CCCCCCCCCCCCCCCC(=O)OC(COC(=O)CCCCCCCCCCCCCCCCCCCCCCCCCCCCCCCCCCCCCCCCCCC)COC(OCC[N+](C)(C)C)C(=O)[O-]. The van der Waals surface area contributed by atoms with Gasteiger partial charge < -0.3 is 33.3 Å². The Bertz CT molecular complexity index is 1750. The maximum atomic E-state index is 13.0. The highest BCUT2D eigenvalue weighted by atomic mass is 16.7. The molecular weight excluding hydrogens is 1170 g/mol. The average molecular weight is 1340 g/mol. The van der Waals surface area contributed by atoms with Crippen LogP contribution < -0.4 is 5.11 Å². The van der Waals surface area contributed by atoms with Crippen molar-refractivity contribution in [1.29, 1.82) is 0 Å². The van der Waals surface area contributed by atoms with E-state index < -0.39 is 24.3 Å². The lowest BCUT2D eigenvalue weighted by molar-refractivity contribution is -0.870. The fourth-order valence-corrected chi connectivity index (χ4v) is 12.5. The Kier molecular flexibility index (Phi) is 74.3. The van der Waals surface area contributed by atoms with Gasteiger partial charge in [-0.1, -0.05) is 402 Å². The Morgan fingerprint density at radius 1 is 0.326 bits per heavy atom. The molecule has 0 saturated heterocycles. The van der Waals surface area contributed by atoms with Crippen molar-refractivity contribution >= 4 is 17.9 Å². The topological polar surface area (TPSA) is 111 Å². The predicted octanol–water partition coefficient (Wildman–Crippen LogP) is 25.3. The summed E-state index contributed by atoms with van der Waals surface area (Å²) >= 11 is 0. The first-order valence-electron chi connectivity index (χ1n) is 41.4. The summed E-state index contributed by atoms with van der Waals surface area (Å²) in [6, 6.07) is 0. The van der Waals surface area contributed by atoms with Crippen LogP contribution in [0.3, 0.4) is 0 Å². The minimum atomic E-state index is -1.62. The van der Waals surface area contributed by atoms with Crippen molar-refractivity contribution in [2.24, 2.45) is 0 Å². The van der Waals surface area contributed by atoms with Crippen LogP contribution in [0, 0.1) is 0 Å². The van der Waals surface area contributed by atoms with Crippen LogP contribution >= 0.6 is 0 Å². The normalized spacial score (nSPS) is 12.9. The molecule has 9 heteroatoms. The minimum Gasteiger partial charge on any atom is -0.545 e. The number of hydrogen-bond donors (Lipinski definition) is 0. The third kappa shape index (κ3) is 78.2. The number of quaternary nitrogens is 1. The maximum absolute atomic E-state index is 13.0. The number of allylic oxidation sites excluding steroid dienone is 10. The maximum Gasteiger partial charge on any atom is 0.306 e. The van der Waals surface area contributed by atoms with E-state index in [1.165, 1.54) is 308 Å². The molecule has 0 aromatic carbocycles. The smallest absolute Gasteiger partial charge is 0.306 e. The Morgan fingerprint density at radius 2 is 0.600 bits per heavy atom. The van der Waals surface area contributed by atoms with Crippen molar-refractivity contribution in [3.05, 3.63) is 60.8 Å². The Hall–Kier alpha value is -3.01. The van der Waals surface area contributed by atoms with Crippen molar-refractivity contribution in [2.45, 2.75) is 424 Å². The van der Waals surface area contributed by atoms with E-state index in [1.807, 2.05) is 21.1 Å². The molecule has 95 heavy (non-hydrogen) atoms. The largest absolute Gasteiger partial charge is 0.545 e. The summed E-state index contributed by atoms with van der Waals surface area (Å²) in [5.41, 5.74) is 0. The molecule has 0 bridgehead atoms. The van der Waals surface area contributed by atoms with Crippen molar-refractivity contribution in [3.63, 3.8) is 0 Å². The number of rotatable bonds is 78. The summed E-state index contributed by atoms with van der Waals surface area (Å²) in [4.78, 5) is 37.6. The molecule has 0 aliphatic heterocycles. The molecule has 0 amide bonds. The zero-order valence-corrected chi connectivity index (χ0v) is 63.8. The molecular formula is C86H159NO8. The molecule has 0 rings (SSSR count). The highest BCUT2D eigenvalue weighted by Crippen LogP contribution is 2.20. The second-order valence-corrected chi connectivity index (χ2v) is 29.4. The number of hydrogen-bond acceptors (Lipinski definition) is 8. The summed E-state index contributed by atoms with van der Waals surface area (Å²) in [6.07, 6.45) is 99.4. The zero-order valence-electron chi connectivity index (χ0n) is 63.8. The first kappa shape index (κ1) is 92.0. The molecule has 2 unspecified atom stereocenters. The van der Waals surface area contributed by atoms with Gasteiger partial charge in [0.2, 0.25) is 0 Å². The van der Waals surface area contributed by atoms with Gasteiger partial charge >= 0.3 is 11.9 Å². The molecule has 0 spiro atoms. The first-order chi connectivity index (χ1) is 46.6. The zero-order chi connectivity index (χ0) is 69.0. The fourth-order valence-electron chi connectivity index (χ4n) is 12.5. The Morgan fingerprint density at radius 3 is 0.895 bits per heavy atom.